The van der Waals surface area contributed by atoms with E-state index in [0.717, 1.165) is 9.87 Å². The minimum Gasteiger partial charge on any atom is -0.200 e. The number of hydrogen-bond acceptors (Lipinski definition) is 2. The standard InChI is InChI=1S/C20H17NO2S/c1-4-6-7-10-18-11-8-9-12-20(18)21(5-2)24(22,23)19-15-13-17(3)14-16-19/h2,4,6,8-9,11-16H,1,3H3/b6-4+. The fourth-order valence-corrected chi connectivity index (χ4v) is 3.29. The second-order valence-electron chi connectivity index (χ2n) is 5.00. The number of benzene rings is 2. The minimum absolute atomic E-state index is 0.141. The summed E-state index contributed by atoms with van der Waals surface area (Å²) in [7, 11) is -3.86. The third-order valence-corrected chi connectivity index (χ3v) is 4.91. The molecule has 0 heterocycles. The van der Waals surface area contributed by atoms with Crippen molar-refractivity contribution >= 4 is 15.7 Å². The van der Waals surface area contributed by atoms with E-state index in [1.54, 1.807) is 60.7 Å². The molecule has 0 aromatic heterocycles. The zero-order chi connectivity index (χ0) is 17.6. The summed E-state index contributed by atoms with van der Waals surface area (Å²) in [5.41, 5.74) is 1.88. The van der Waals surface area contributed by atoms with E-state index in [1.165, 1.54) is 0 Å². The van der Waals surface area contributed by atoms with Crippen LogP contribution in [0.2, 0.25) is 0 Å². The van der Waals surface area contributed by atoms with E-state index in [-0.39, 0.29) is 4.90 Å². The molecule has 0 aliphatic heterocycles. The molecule has 24 heavy (non-hydrogen) atoms. The number of nitrogens with zero attached hydrogens (tertiary/aromatic N) is 1. The van der Waals surface area contributed by atoms with E-state index in [9.17, 15) is 8.42 Å². The lowest BCUT2D eigenvalue weighted by atomic mass is 10.2. The first-order valence-electron chi connectivity index (χ1n) is 7.30. The van der Waals surface area contributed by atoms with Crippen LogP contribution in [0, 0.1) is 31.2 Å². The van der Waals surface area contributed by atoms with Crippen LogP contribution < -0.4 is 4.31 Å². The van der Waals surface area contributed by atoms with Crippen molar-refractivity contribution in [3.63, 3.8) is 0 Å². The average Bonchev–Trinajstić information content (AvgIpc) is 2.57. The molecule has 0 spiro atoms. The van der Waals surface area contributed by atoms with Gasteiger partial charge in [0.05, 0.1) is 16.1 Å². The Labute approximate surface area is 143 Å². The monoisotopic (exact) mass is 335 g/mol. The van der Waals surface area contributed by atoms with Crippen molar-refractivity contribution in [2.24, 2.45) is 0 Å². The Kier molecular flexibility index (Phi) is 5.47. The molecule has 0 atom stereocenters. The van der Waals surface area contributed by atoms with Gasteiger partial charge in [0.2, 0.25) is 0 Å². The summed E-state index contributed by atoms with van der Waals surface area (Å²) >= 11 is 0. The smallest absolute Gasteiger partial charge is 0.200 e. The summed E-state index contributed by atoms with van der Waals surface area (Å²) in [6.07, 6.45) is 9.01. The lowest BCUT2D eigenvalue weighted by Gasteiger charge is -2.19. The zero-order valence-electron chi connectivity index (χ0n) is 13.5. The van der Waals surface area contributed by atoms with Gasteiger partial charge in [0.15, 0.2) is 0 Å². The predicted molar refractivity (Wildman–Crippen MR) is 97.8 cm³/mol. The second-order valence-corrected chi connectivity index (χ2v) is 6.78. The lowest BCUT2D eigenvalue weighted by Crippen LogP contribution is -2.26. The van der Waals surface area contributed by atoms with Gasteiger partial charge >= 0.3 is 0 Å². The number of rotatable bonds is 3. The van der Waals surface area contributed by atoms with Gasteiger partial charge in [-0.3, -0.25) is 0 Å². The van der Waals surface area contributed by atoms with Crippen LogP contribution in [0.3, 0.4) is 0 Å². The molecule has 0 aliphatic carbocycles. The van der Waals surface area contributed by atoms with Crippen LogP contribution in [0.15, 0.2) is 65.6 Å². The normalized spacial score (nSPS) is 10.7. The summed E-state index contributed by atoms with van der Waals surface area (Å²) in [5.74, 6) is 5.77. The maximum absolute atomic E-state index is 12.9. The summed E-state index contributed by atoms with van der Waals surface area (Å²) < 4.78 is 26.7. The number of para-hydroxylation sites is 1. The van der Waals surface area contributed by atoms with Crippen LogP contribution in [0.25, 0.3) is 0 Å². The number of aryl methyl sites for hydroxylation is 1. The summed E-state index contributed by atoms with van der Waals surface area (Å²) in [4.78, 5) is 0.141. The molecule has 0 aliphatic rings. The first kappa shape index (κ1) is 17.4. The van der Waals surface area contributed by atoms with E-state index >= 15 is 0 Å². The Bertz CT molecular complexity index is 953. The molecule has 0 bridgehead atoms. The zero-order valence-corrected chi connectivity index (χ0v) is 14.3. The molecular weight excluding hydrogens is 318 g/mol. The molecule has 2 aromatic rings. The molecule has 4 heteroatoms. The highest BCUT2D eigenvalue weighted by Crippen LogP contribution is 2.26. The number of terminal acetylenes is 1. The highest BCUT2D eigenvalue weighted by molar-refractivity contribution is 7.93. The molecule has 0 unspecified atom stereocenters. The van der Waals surface area contributed by atoms with Crippen molar-refractivity contribution < 1.29 is 8.42 Å². The van der Waals surface area contributed by atoms with Crippen LogP contribution in [0.4, 0.5) is 5.69 Å². The van der Waals surface area contributed by atoms with E-state index < -0.39 is 10.0 Å². The Morgan fingerprint density at radius 3 is 2.38 bits per heavy atom. The summed E-state index contributed by atoms with van der Waals surface area (Å²) in [6, 6.07) is 15.7. The van der Waals surface area contributed by atoms with Gasteiger partial charge < -0.3 is 0 Å². The molecule has 0 saturated carbocycles. The van der Waals surface area contributed by atoms with Crippen LogP contribution in [-0.2, 0) is 10.0 Å². The number of allylic oxidation sites excluding steroid dienone is 2. The van der Waals surface area contributed by atoms with Crippen molar-refractivity contribution in [1.29, 1.82) is 0 Å². The molecule has 0 radical (unpaired) electrons. The summed E-state index contributed by atoms with van der Waals surface area (Å²) in [5, 5.41) is 0. The molecule has 0 N–H and O–H groups in total. The maximum atomic E-state index is 12.9. The molecule has 2 rings (SSSR count). The maximum Gasteiger partial charge on any atom is 0.275 e. The van der Waals surface area contributed by atoms with E-state index in [0.29, 0.717) is 11.3 Å². The van der Waals surface area contributed by atoms with E-state index in [1.807, 2.05) is 13.8 Å². The van der Waals surface area contributed by atoms with Crippen molar-refractivity contribution in [1.82, 2.24) is 0 Å². The highest BCUT2D eigenvalue weighted by atomic mass is 32.2. The Morgan fingerprint density at radius 1 is 1.08 bits per heavy atom. The third kappa shape index (κ3) is 3.68. The van der Waals surface area contributed by atoms with Gasteiger partial charge in [-0.15, -0.1) is 0 Å². The third-order valence-electron chi connectivity index (χ3n) is 3.26. The van der Waals surface area contributed by atoms with Crippen molar-refractivity contribution in [3.05, 3.63) is 71.8 Å². The minimum atomic E-state index is -3.86. The molecular formula is C20H17NO2S. The van der Waals surface area contributed by atoms with Crippen LogP contribution in [0.5, 0.6) is 0 Å². The Hall–Kier alpha value is -2.95. The molecule has 0 fully saturated rings. The van der Waals surface area contributed by atoms with Gasteiger partial charge in [0.25, 0.3) is 10.0 Å². The molecule has 3 nitrogen and oxygen atoms in total. The van der Waals surface area contributed by atoms with Gasteiger partial charge in [0.1, 0.15) is 0 Å². The fraction of sp³-hybridized carbons (Fsp3) is 0.100. The number of sulfonamides is 1. The second kappa shape index (κ2) is 7.55. The van der Waals surface area contributed by atoms with Crippen molar-refractivity contribution in [2.45, 2.75) is 18.7 Å². The quantitative estimate of drug-likeness (QED) is 0.633. The van der Waals surface area contributed by atoms with Gasteiger partial charge in [-0.25, -0.2) is 8.42 Å². The van der Waals surface area contributed by atoms with E-state index in [2.05, 4.69) is 17.9 Å². The molecule has 2 aromatic carbocycles. The van der Waals surface area contributed by atoms with E-state index in [4.69, 9.17) is 6.42 Å². The van der Waals surface area contributed by atoms with Gasteiger partial charge in [-0.1, -0.05) is 54.2 Å². The van der Waals surface area contributed by atoms with Crippen LogP contribution in [0.1, 0.15) is 18.1 Å². The predicted octanol–water partition coefficient (Wildman–Crippen LogP) is 3.71. The first-order valence-corrected chi connectivity index (χ1v) is 8.74. The van der Waals surface area contributed by atoms with Gasteiger partial charge in [-0.2, -0.15) is 4.31 Å². The number of hydrogen-bond donors (Lipinski definition) is 0. The SMILES string of the molecule is C#CN(c1ccccc1C#C/C=C/C)S(=O)(=O)c1ccc(C)cc1. The lowest BCUT2D eigenvalue weighted by molar-refractivity contribution is 0.596. The van der Waals surface area contributed by atoms with Gasteiger partial charge in [0, 0.05) is 6.04 Å². The average molecular weight is 335 g/mol. The van der Waals surface area contributed by atoms with Crippen molar-refractivity contribution in [2.75, 3.05) is 4.31 Å². The fourth-order valence-electron chi connectivity index (χ4n) is 2.04. The number of anilines is 1. The van der Waals surface area contributed by atoms with Crippen molar-refractivity contribution in [3.8, 4) is 24.3 Å². The topological polar surface area (TPSA) is 37.4 Å². The Balaban J connectivity index is 2.56. The first-order chi connectivity index (χ1) is 11.5. The molecule has 120 valence electrons. The molecule has 0 saturated heterocycles. The summed E-state index contributed by atoms with van der Waals surface area (Å²) in [6.45, 7) is 3.75. The molecule has 0 amide bonds. The highest BCUT2D eigenvalue weighted by Gasteiger charge is 2.25. The van der Waals surface area contributed by atoms with Crippen LogP contribution >= 0.6 is 0 Å². The van der Waals surface area contributed by atoms with Crippen LogP contribution in [-0.4, -0.2) is 8.42 Å². The Morgan fingerprint density at radius 2 is 1.75 bits per heavy atom. The van der Waals surface area contributed by atoms with Gasteiger partial charge in [-0.05, 0) is 44.2 Å². The largest absolute Gasteiger partial charge is 0.275 e.